The predicted molar refractivity (Wildman–Crippen MR) is 116 cm³/mol. The molecule has 0 saturated heterocycles. The lowest BCUT2D eigenvalue weighted by Gasteiger charge is -2.22. The van der Waals surface area contributed by atoms with Crippen molar-refractivity contribution in [2.45, 2.75) is 50.0 Å². The molecule has 1 fully saturated rings. The quantitative estimate of drug-likeness (QED) is 0.498. The van der Waals surface area contributed by atoms with Gasteiger partial charge in [-0.3, -0.25) is 4.79 Å². The smallest absolute Gasteiger partial charge is 0.276 e. The Kier molecular flexibility index (Phi) is 7.46. The molecular formula is C22H27N3O4S. The number of benzene rings is 2. The standard InChI is InChI=1S/C22H27N3O4S/c1-17-7-13-21(14-8-17)30(27,28)25-23-15-18-9-11-20(12-10-18)29-16-22(26)24-19-5-3-2-4-6-19/h7-15,19,25H,2-6,16H2,1H3,(H,24,26)/b23-15-. The number of nitrogens with zero attached hydrogens (tertiary/aromatic N) is 1. The van der Waals surface area contributed by atoms with Crippen LogP contribution in [0.15, 0.2) is 58.5 Å². The Morgan fingerprint density at radius 1 is 1.07 bits per heavy atom. The average Bonchev–Trinajstić information content (AvgIpc) is 2.74. The van der Waals surface area contributed by atoms with Crippen molar-refractivity contribution in [3.63, 3.8) is 0 Å². The maximum atomic E-state index is 12.2. The van der Waals surface area contributed by atoms with Gasteiger partial charge < -0.3 is 10.1 Å². The summed E-state index contributed by atoms with van der Waals surface area (Å²) in [6.07, 6.45) is 7.05. The molecule has 2 aromatic carbocycles. The molecule has 0 heterocycles. The first-order valence-electron chi connectivity index (χ1n) is 10.1. The number of carbonyl (C=O) groups excluding carboxylic acids is 1. The molecule has 0 spiro atoms. The van der Waals surface area contributed by atoms with Gasteiger partial charge in [-0.15, -0.1) is 0 Å². The molecule has 2 N–H and O–H groups in total. The Labute approximate surface area is 177 Å². The third-order valence-corrected chi connectivity index (χ3v) is 6.18. The minimum atomic E-state index is -3.70. The second-order valence-corrected chi connectivity index (χ2v) is 9.09. The van der Waals surface area contributed by atoms with Gasteiger partial charge in [-0.05, 0) is 61.7 Å². The normalized spacial score (nSPS) is 15.1. The molecular weight excluding hydrogens is 402 g/mol. The van der Waals surface area contributed by atoms with Crippen LogP contribution in [0.3, 0.4) is 0 Å². The lowest BCUT2D eigenvalue weighted by molar-refractivity contribution is -0.124. The van der Waals surface area contributed by atoms with Crippen molar-refractivity contribution in [2.75, 3.05) is 6.61 Å². The molecule has 0 atom stereocenters. The van der Waals surface area contributed by atoms with Crippen LogP contribution in [0, 0.1) is 6.92 Å². The number of ether oxygens (including phenoxy) is 1. The van der Waals surface area contributed by atoms with Crippen LogP contribution in [0.2, 0.25) is 0 Å². The first-order chi connectivity index (χ1) is 14.4. The molecule has 7 nitrogen and oxygen atoms in total. The fraction of sp³-hybridized carbons (Fsp3) is 0.364. The van der Waals surface area contributed by atoms with Gasteiger partial charge >= 0.3 is 0 Å². The van der Waals surface area contributed by atoms with Crippen LogP contribution in [-0.2, 0) is 14.8 Å². The third-order valence-electron chi connectivity index (χ3n) is 4.94. The van der Waals surface area contributed by atoms with E-state index in [-0.39, 0.29) is 23.5 Å². The van der Waals surface area contributed by atoms with E-state index in [1.54, 1.807) is 36.4 Å². The van der Waals surface area contributed by atoms with Crippen molar-refractivity contribution >= 4 is 22.1 Å². The lowest BCUT2D eigenvalue weighted by atomic mass is 9.95. The van der Waals surface area contributed by atoms with Gasteiger partial charge in [-0.2, -0.15) is 13.5 Å². The lowest BCUT2D eigenvalue weighted by Crippen LogP contribution is -2.38. The number of rotatable bonds is 8. The number of hydrogen-bond donors (Lipinski definition) is 2. The maximum absolute atomic E-state index is 12.2. The SMILES string of the molecule is Cc1ccc(S(=O)(=O)N/N=C\c2ccc(OCC(=O)NC3CCCCC3)cc2)cc1. The predicted octanol–water partition coefficient (Wildman–Crippen LogP) is 3.14. The average molecular weight is 430 g/mol. The maximum Gasteiger partial charge on any atom is 0.276 e. The first kappa shape index (κ1) is 21.8. The molecule has 0 unspecified atom stereocenters. The zero-order chi connectivity index (χ0) is 21.4. The number of carbonyl (C=O) groups is 1. The molecule has 0 radical (unpaired) electrons. The van der Waals surface area contributed by atoms with E-state index >= 15 is 0 Å². The molecule has 1 aliphatic carbocycles. The van der Waals surface area contributed by atoms with Crippen LogP contribution in [0.4, 0.5) is 0 Å². The summed E-state index contributed by atoms with van der Waals surface area (Å²) in [6.45, 7) is 1.86. The number of aryl methyl sites for hydroxylation is 1. The largest absolute Gasteiger partial charge is 0.484 e. The van der Waals surface area contributed by atoms with Crippen molar-refractivity contribution in [1.29, 1.82) is 0 Å². The number of sulfonamides is 1. The van der Waals surface area contributed by atoms with E-state index in [0.29, 0.717) is 11.3 Å². The summed E-state index contributed by atoms with van der Waals surface area (Å²) < 4.78 is 29.9. The van der Waals surface area contributed by atoms with E-state index in [1.165, 1.54) is 24.8 Å². The van der Waals surface area contributed by atoms with Crippen molar-refractivity contribution in [3.05, 3.63) is 59.7 Å². The Morgan fingerprint density at radius 3 is 2.40 bits per heavy atom. The molecule has 0 aliphatic heterocycles. The fourth-order valence-electron chi connectivity index (χ4n) is 3.26. The van der Waals surface area contributed by atoms with E-state index in [0.717, 1.165) is 31.2 Å². The van der Waals surface area contributed by atoms with Crippen molar-refractivity contribution < 1.29 is 17.9 Å². The van der Waals surface area contributed by atoms with E-state index in [4.69, 9.17) is 4.74 Å². The van der Waals surface area contributed by atoms with Gasteiger partial charge in [0.2, 0.25) is 0 Å². The Balaban J connectivity index is 1.46. The molecule has 1 amide bonds. The third kappa shape index (κ3) is 6.59. The van der Waals surface area contributed by atoms with Gasteiger partial charge in [0, 0.05) is 6.04 Å². The zero-order valence-corrected chi connectivity index (χ0v) is 17.8. The Morgan fingerprint density at radius 2 is 1.73 bits per heavy atom. The summed E-state index contributed by atoms with van der Waals surface area (Å²) in [4.78, 5) is 14.3. The number of hydrogen-bond acceptors (Lipinski definition) is 5. The summed E-state index contributed by atoms with van der Waals surface area (Å²) in [5, 5.41) is 6.82. The monoisotopic (exact) mass is 429 g/mol. The summed E-state index contributed by atoms with van der Waals surface area (Å²) in [6, 6.07) is 13.7. The number of amides is 1. The Bertz CT molecular complexity index is 964. The van der Waals surface area contributed by atoms with Crippen molar-refractivity contribution in [2.24, 2.45) is 5.10 Å². The fourth-order valence-corrected chi connectivity index (χ4v) is 4.05. The van der Waals surface area contributed by atoms with E-state index in [9.17, 15) is 13.2 Å². The minimum absolute atomic E-state index is 0.0275. The molecule has 1 aliphatic rings. The first-order valence-corrected chi connectivity index (χ1v) is 11.5. The van der Waals surface area contributed by atoms with Gasteiger partial charge in [0.25, 0.3) is 15.9 Å². The van der Waals surface area contributed by atoms with Crippen LogP contribution in [0.5, 0.6) is 5.75 Å². The van der Waals surface area contributed by atoms with Gasteiger partial charge in [0.15, 0.2) is 6.61 Å². The number of hydrazone groups is 1. The Hall–Kier alpha value is -2.87. The highest BCUT2D eigenvalue weighted by molar-refractivity contribution is 7.89. The number of nitrogens with one attached hydrogen (secondary N) is 2. The molecule has 2 aromatic rings. The summed E-state index contributed by atoms with van der Waals surface area (Å²) >= 11 is 0. The highest BCUT2D eigenvalue weighted by Gasteiger charge is 2.16. The van der Waals surface area contributed by atoms with Gasteiger partial charge in [-0.25, -0.2) is 4.83 Å². The molecule has 0 aromatic heterocycles. The highest BCUT2D eigenvalue weighted by atomic mass is 32.2. The van der Waals surface area contributed by atoms with Crippen molar-refractivity contribution in [3.8, 4) is 5.75 Å². The molecule has 0 bridgehead atoms. The van der Waals surface area contributed by atoms with Gasteiger partial charge in [0.05, 0.1) is 11.1 Å². The molecule has 1 saturated carbocycles. The van der Waals surface area contributed by atoms with Gasteiger partial charge in [0.1, 0.15) is 5.75 Å². The van der Waals surface area contributed by atoms with Crippen molar-refractivity contribution in [1.82, 2.24) is 10.1 Å². The van der Waals surface area contributed by atoms with Crippen LogP contribution in [-0.4, -0.2) is 33.2 Å². The van der Waals surface area contributed by atoms with Gasteiger partial charge in [-0.1, -0.05) is 37.0 Å². The van der Waals surface area contributed by atoms with Crippen LogP contribution in [0.1, 0.15) is 43.2 Å². The van der Waals surface area contributed by atoms with E-state index < -0.39 is 10.0 Å². The molecule has 8 heteroatoms. The molecule has 30 heavy (non-hydrogen) atoms. The van der Waals surface area contributed by atoms with E-state index in [2.05, 4.69) is 15.2 Å². The topological polar surface area (TPSA) is 96.9 Å². The van der Waals surface area contributed by atoms with Crippen LogP contribution < -0.4 is 14.9 Å². The van der Waals surface area contributed by atoms with E-state index in [1.807, 2.05) is 6.92 Å². The second kappa shape index (κ2) is 10.2. The summed E-state index contributed by atoms with van der Waals surface area (Å²) in [5.74, 6) is 0.448. The summed E-state index contributed by atoms with van der Waals surface area (Å²) in [5.41, 5.74) is 1.67. The molecule has 3 rings (SSSR count). The highest BCUT2D eigenvalue weighted by Crippen LogP contribution is 2.17. The van der Waals surface area contributed by atoms with Crippen LogP contribution >= 0.6 is 0 Å². The second-order valence-electron chi connectivity index (χ2n) is 7.43. The summed E-state index contributed by atoms with van der Waals surface area (Å²) in [7, 11) is -3.70. The van der Waals surface area contributed by atoms with Crippen LogP contribution in [0.25, 0.3) is 0 Å². The molecule has 160 valence electrons. The minimum Gasteiger partial charge on any atom is -0.484 e. The zero-order valence-electron chi connectivity index (χ0n) is 17.0.